The number of nitrogens with one attached hydrogen (secondary N) is 1. The van der Waals surface area contributed by atoms with Gasteiger partial charge in [0.25, 0.3) is 0 Å². The Kier molecular flexibility index (Phi) is 5.16. The number of aromatic nitrogens is 2. The maximum absolute atomic E-state index is 4.43. The van der Waals surface area contributed by atoms with Crippen LogP contribution >= 0.6 is 15.9 Å². The van der Waals surface area contributed by atoms with Gasteiger partial charge in [-0.15, -0.1) is 0 Å². The summed E-state index contributed by atoms with van der Waals surface area (Å²) in [6, 6.07) is 8.34. The lowest BCUT2D eigenvalue weighted by atomic mass is 10.2. The first kappa shape index (κ1) is 14.3. The van der Waals surface area contributed by atoms with E-state index in [1.165, 1.54) is 11.3 Å². The summed E-state index contributed by atoms with van der Waals surface area (Å²) < 4.78 is 3.42. The molecule has 1 aromatic carbocycles. The van der Waals surface area contributed by atoms with E-state index in [0.29, 0.717) is 0 Å². The van der Waals surface area contributed by atoms with Crippen LogP contribution in [0.2, 0.25) is 0 Å². The van der Waals surface area contributed by atoms with E-state index in [4.69, 9.17) is 0 Å². The van der Waals surface area contributed by atoms with Gasteiger partial charge in [0.2, 0.25) is 0 Å². The molecule has 3 nitrogen and oxygen atoms in total. The third-order valence-electron chi connectivity index (χ3n) is 3.16. The second-order valence-electron chi connectivity index (χ2n) is 4.65. The Balaban J connectivity index is 2.15. The highest BCUT2D eigenvalue weighted by atomic mass is 79.9. The molecule has 0 spiro atoms. The molecule has 0 aliphatic heterocycles. The minimum atomic E-state index is 0.858. The quantitative estimate of drug-likeness (QED) is 0.825. The molecule has 0 bridgehead atoms. The van der Waals surface area contributed by atoms with Gasteiger partial charge in [-0.25, -0.2) is 4.98 Å². The number of imidazole rings is 1. The molecule has 0 fully saturated rings. The first-order valence-corrected chi connectivity index (χ1v) is 7.46. The van der Waals surface area contributed by atoms with Crippen LogP contribution in [0.15, 0.2) is 34.9 Å². The molecular weight excluding hydrogens is 302 g/mol. The SMILES string of the molecule is CCCNCc1cnc(C)n1Cc1ccccc1Br. The Labute approximate surface area is 123 Å². The van der Waals surface area contributed by atoms with Gasteiger partial charge in [0.1, 0.15) is 5.82 Å². The Morgan fingerprint density at radius 2 is 2.11 bits per heavy atom. The summed E-state index contributed by atoms with van der Waals surface area (Å²) in [5, 5.41) is 3.43. The van der Waals surface area contributed by atoms with Gasteiger partial charge in [-0.1, -0.05) is 41.1 Å². The van der Waals surface area contributed by atoms with Gasteiger partial charge in [0, 0.05) is 17.2 Å². The van der Waals surface area contributed by atoms with Crippen LogP contribution in [0.5, 0.6) is 0 Å². The standard InChI is InChI=1S/C15H20BrN3/c1-3-8-17-9-14-10-18-12(2)19(14)11-13-6-4-5-7-15(13)16/h4-7,10,17H,3,8-9,11H2,1-2H3. The van der Waals surface area contributed by atoms with Crippen molar-refractivity contribution in [3.63, 3.8) is 0 Å². The van der Waals surface area contributed by atoms with Crippen LogP contribution in [-0.4, -0.2) is 16.1 Å². The van der Waals surface area contributed by atoms with Gasteiger partial charge >= 0.3 is 0 Å². The Hall–Kier alpha value is -1.13. The number of halogens is 1. The molecule has 2 rings (SSSR count). The molecule has 1 heterocycles. The van der Waals surface area contributed by atoms with E-state index in [-0.39, 0.29) is 0 Å². The molecule has 0 saturated heterocycles. The lowest BCUT2D eigenvalue weighted by molar-refractivity contribution is 0.623. The summed E-state index contributed by atoms with van der Waals surface area (Å²) in [6.45, 7) is 7.01. The third kappa shape index (κ3) is 3.67. The molecule has 0 atom stereocenters. The van der Waals surface area contributed by atoms with Crippen molar-refractivity contribution in [1.82, 2.24) is 14.9 Å². The maximum Gasteiger partial charge on any atom is 0.106 e. The summed E-state index contributed by atoms with van der Waals surface area (Å²) in [4.78, 5) is 4.43. The van der Waals surface area contributed by atoms with Crippen LogP contribution in [0, 0.1) is 6.92 Å². The Bertz CT molecular complexity index is 534. The lowest BCUT2D eigenvalue weighted by Crippen LogP contribution is -2.17. The van der Waals surface area contributed by atoms with Crippen LogP contribution in [-0.2, 0) is 13.1 Å². The molecule has 0 amide bonds. The van der Waals surface area contributed by atoms with Crippen molar-refractivity contribution < 1.29 is 0 Å². The molecule has 0 aliphatic rings. The van der Waals surface area contributed by atoms with Gasteiger partial charge in [-0.3, -0.25) is 0 Å². The molecule has 1 aromatic heterocycles. The third-order valence-corrected chi connectivity index (χ3v) is 3.93. The van der Waals surface area contributed by atoms with Gasteiger partial charge in [-0.2, -0.15) is 0 Å². The highest BCUT2D eigenvalue weighted by Gasteiger charge is 2.08. The number of benzene rings is 1. The van der Waals surface area contributed by atoms with Gasteiger partial charge < -0.3 is 9.88 Å². The summed E-state index contributed by atoms with van der Waals surface area (Å²) in [5.41, 5.74) is 2.52. The van der Waals surface area contributed by atoms with Crippen LogP contribution < -0.4 is 5.32 Å². The summed E-state index contributed by atoms with van der Waals surface area (Å²) >= 11 is 3.61. The molecule has 4 heteroatoms. The van der Waals surface area contributed by atoms with E-state index in [9.17, 15) is 0 Å². The second-order valence-corrected chi connectivity index (χ2v) is 5.51. The van der Waals surface area contributed by atoms with Crippen molar-refractivity contribution in [2.24, 2.45) is 0 Å². The number of hydrogen-bond donors (Lipinski definition) is 1. The van der Waals surface area contributed by atoms with Crippen LogP contribution in [0.4, 0.5) is 0 Å². The highest BCUT2D eigenvalue weighted by molar-refractivity contribution is 9.10. The first-order valence-electron chi connectivity index (χ1n) is 6.67. The first-order chi connectivity index (χ1) is 9.22. The lowest BCUT2D eigenvalue weighted by Gasteiger charge is -2.12. The van der Waals surface area contributed by atoms with Crippen molar-refractivity contribution in [2.45, 2.75) is 33.4 Å². The van der Waals surface area contributed by atoms with Crippen molar-refractivity contribution in [3.8, 4) is 0 Å². The fourth-order valence-electron chi connectivity index (χ4n) is 2.06. The molecule has 0 radical (unpaired) electrons. The topological polar surface area (TPSA) is 29.9 Å². The van der Waals surface area contributed by atoms with Crippen molar-refractivity contribution in [1.29, 1.82) is 0 Å². The Morgan fingerprint density at radius 1 is 1.32 bits per heavy atom. The zero-order chi connectivity index (χ0) is 13.7. The minimum absolute atomic E-state index is 0.858. The van der Waals surface area contributed by atoms with Crippen LogP contribution in [0.3, 0.4) is 0 Å². The van der Waals surface area contributed by atoms with Gasteiger partial charge in [0.15, 0.2) is 0 Å². The van der Waals surface area contributed by atoms with Gasteiger partial charge in [-0.05, 0) is 31.5 Å². The largest absolute Gasteiger partial charge is 0.327 e. The zero-order valence-electron chi connectivity index (χ0n) is 11.5. The predicted molar refractivity (Wildman–Crippen MR) is 82.2 cm³/mol. The van der Waals surface area contributed by atoms with E-state index < -0.39 is 0 Å². The number of rotatable bonds is 6. The van der Waals surface area contributed by atoms with Gasteiger partial charge in [0.05, 0.1) is 12.2 Å². The van der Waals surface area contributed by atoms with Crippen LogP contribution in [0.25, 0.3) is 0 Å². The molecule has 0 aliphatic carbocycles. The molecule has 0 saturated carbocycles. The minimum Gasteiger partial charge on any atom is -0.327 e. The monoisotopic (exact) mass is 321 g/mol. The molecule has 102 valence electrons. The van der Waals surface area contributed by atoms with E-state index in [1.54, 1.807) is 0 Å². The van der Waals surface area contributed by atoms with E-state index in [1.807, 2.05) is 12.3 Å². The van der Waals surface area contributed by atoms with Crippen molar-refractivity contribution in [2.75, 3.05) is 6.54 Å². The number of hydrogen-bond acceptors (Lipinski definition) is 2. The number of aryl methyl sites for hydroxylation is 1. The average molecular weight is 322 g/mol. The maximum atomic E-state index is 4.43. The van der Waals surface area contributed by atoms with Crippen molar-refractivity contribution in [3.05, 3.63) is 52.0 Å². The fourth-order valence-corrected chi connectivity index (χ4v) is 2.47. The van der Waals surface area contributed by atoms with E-state index in [2.05, 4.69) is 62.8 Å². The van der Waals surface area contributed by atoms with E-state index >= 15 is 0 Å². The fraction of sp³-hybridized carbons (Fsp3) is 0.400. The molecule has 2 aromatic rings. The van der Waals surface area contributed by atoms with E-state index in [0.717, 1.165) is 36.4 Å². The van der Waals surface area contributed by atoms with Crippen LogP contribution in [0.1, 0.15) is 30.4 Å². The highest BCUT2D eigenvalue weighted by Crippen LogP contribution is 2.18. The number of nitrogens with zero attached hydrogens (tertiary/aromatic N) is 2. The molecule has 19 heavy (non-hydrogen) atoms. The summed E-state index contributed by atoms with van der Waals surface area (Å²) in [5.74, 6) is 1.06. The second kappa shape index (κ2) is 6.87. The predicted octanol–water partition coefficient (Wildman–Crippen LogP) is 3.50. The normalized spacial score (nSPS) is 10.9. The average Bonchev–Trinajstić information content (AvgIpc) is 2.74. The summed E-state index contributed by atoms with van der Waals surface area (Å²) in [6.07, 6.45) is 3.12. The molecular formula is C15H20BrN3. The Morgan fingerprint density at radius 3 is 2.84 bits per heavy atom. The smallest absolute Gasteiger partial charge is 0.106 e. The molecule has 0 unspecified atom stereocenters. The molecule has 1 N–H and O–H groups in total. The summed E-state index contributed by atoms with van der Waals surface area (Å²) in [7, 11) is 0. The zero-order valence-corrected chi connectivity index (χ0v) is 13.1. The van der Waals surface area contributed by atoms with Crippen molar-refractivity contribution >= 4 is 15.9 Å².